The first-order chi connectivity index (χ1) is 12.9. The zero-order chi connectivity index (χ0) is 19.4. The Hall–Kier alpha value is -2.60. The minimum Gasteiger partial charge on any atom is -0.354 e. The molecule has 0 radical (unpaired) electrons. The van der Waals surface area contributed by atoms with Crippen molar-refractivity contribution in [1.29, 1.82) is 0 Å². The molecule has 2 aromatic heterocycles. The molecule has 0 fully saturated rings. The number of aryl methyl sites for hydroxylation is 2. The Morgan fingerprint density at radius 2 is 2.00 bits per heavy atom. The van der Waals surface area contributed by atoms with Crippen LogP contribution in [0.1, 0.15) is 24.2 Å². The lowest BCUT2D eigenvalue weighted by molar-refractivity contribution is -0.121. The van der Waals surface area contributed by atoms with Crippen molar-refractivity contribution in [3.05, 3.63) is 63.4 Å². The van der Waals surface area contributed by atoms with Crippen LogP contribution in [0.4, 0.5) is 0 Å². The highest BCUT2D eigenvalue weighted by Crippen LogP contribution is 2.20. The molecule has 7 heteroatoms. The predicted octanol–water partition coefficient (Wildman–Crippen LogP) is 3.06. The van der Waals surface area contributed by atoms with Gasteiger partial charge in [-0.3, -0.25) is 9.36 Å². The van der Waals surface area contributed by atoms with Crippen molar-refractivity contribution in [1.82, 2.24) is 19.4 Å². The van der Waals surface area contributed by atoms with E-state index in [0.717, 1.165) is 16.6 Å². The van der Waals surface area contributed by atoms with E-state index < -0.39 is 0 Å². The summed E-state index contributed by atoms with van der Waals surface area (Å²) >= 11 is 6.06. The monoisotopic (exact) mass is 386 g/mol. The fraction of sp³-hybridized carbons (Fsp3) is 0.350. The van der Waals surface area contributed by atoms with Gasteiger partial charge in [0, 0.05) is 54.2 Å². The lowest BCUT2D eigenvalue weighted by Gasteiger charge is -2.10. The molecule has 0 spiro atoms. The Bertz CT molecular complexity index is 1020. The summed E-state index contributed by atoms with van der Waals surface area (Å²) in [5, 5.41) is 4.75. The number of benzene rings is 1. The molecule has 6 nitrogen and oxygen atoms in total. The molecule has 1 aromatic carbocycles. The molecule has 1 amide bonds. The largest absolute Gasteiger partial charge is 0.354 e. The molecule has 0 saturated carbocycles. The number of carbonyl (C=O) groups is 1. The van der Waals surface area contributed by atoms with E-state index in [1.54, 1.807) is 11.5 Å². The van der Waals surface area contributed by atoms with Crippen LogP contribution in [0.2, 0.25) is 5.02 Å². The van der Waals surface area contributed by atoms with Crippen LogP contribution in [0.5, 0.6) is 0 Å². The van der Waals surface area contributed by atoms with Crippen LogP contribution in [0.15, 0.2) is 41.3 Å². The molecule has 0 aliphatic heterocycles. The standard InChI is InChI=1S/C20H23ClN4O2/c1-14-12-15(2)25(20(27)23-14)9-3-4-19(26)22-8-11-24-10-7-16-5-6-17(21)13-18(16)24/h5-7,10,12-13H,3-4,8-9,11H2,1-2H3,(H,22,26). The van der Waals surface area contributed by atoms with E-state index in [1.807, 2.05) is 43.5 Å². The van der Waals surface area contributed by atoms with E-state index in [1.165, 1.54) is 0 Å². The Kier molecular flexibility index (Phi) is 5.96. The van der Waals surface area contributed by atoms with Crippen molar-refractivity contribution < 1.29 is 4.79 Å². The topological polar surface area (TPSA) is 68.9 Å². The van der Waals surface area contributed by atoms with Gasteiger partial charge in [0.25, 0.3) is 0 Å². The van der Waals surface area contributed by atoms with E-state index >= 15 is 0 Å². The third-order valence-corrected chi connectivity index (χ3v) is 4.78. The van der Waals surface area contributed by atoms with Crippen molar-refractivity contribution in [2.24, 2.45) is 0 Å². The van der Waals surface area contributed by atoms with Crippen LogP contribution in [-0.2, 0) is 17.9 Å². The zero-order valence-electron chi connectivity index (χ0n) is 15.5. The van der Waals surface area contributed by atoms with Gasteiger partial charge in [-0.2, -0.15) is 4.98 Å². The molecule has 3 rings (SSSR count). The molecule has 142 valence electrons. The Morgan fingerprint density at radius 3 is 2.78 bits per heavy atom. The van der Waals surface area contributed by atoms with Gasteiger partial charge < -0.3 is 9.88 Å². The zero-order valence-corrected chi connectivity index (χ0v) is 16.3. The molecule has 0 saturated heterocycles. The van der Waals surface area contributed by atoms with Gasteiger partial charge in [-0.1, -0.05) is 17.7 Å². The van der Waals surface area contributed by atoms with Gasteiger partial charge in [0.05, 0.1) is 0 Å². The molecular weight excluding hydrogens is 364 g/mol. The first kappa shape index (κ1) is 19.2. The van der Waals surface area contributed by atoms with Crippen molar-refractivity contribution in [3.63, 3.8) is 0 Å². The minimum absolute atomic E-state index is 0.0183. The fourth-order valence-electron chi connectivity index (χ4n) is 3.20. The molecule has 0 aliphatic carbocycles. The van der Waals surface area contributed by atoms with Crippen LogP contribution in [0.25, 0.3) is 10.9 Å². The Balaban J connectivity index is 1.46. The fourth-order valence-corrected chi connectivity index (χ4v) is 3.37. The lowest BCUT2D eigenvalue weighted by atomic mass is 10.2. The number of fused-ring (bicyclic) bond motifs is 1. The third kappa shape index (κ3) is 4.77. The molecule has 0 aliphatic rings. The molecule has 0 atom stereocenters. The highest BCUT2D eigenvalue weighted by Gasteiger charge is 2.06. The number of amides is 1. The number of hydrogen-bond acceptors (Lipinski definition) is 3. The van der Waals surface area contributed by atoms with Crippen molar-refractivity contribution in [2.45, 2.75) is 39.8 Å². The number of rotatable bonds is 7. The van der Waals surface area contributed by atoms with Crippen molar-refractivity contribution in [3.8, 4) is 0 Å². The van der Waals surface area contributed by atoms with Gasteiger partial charge in [0.15, 0.2) is 0 Å². The first-order valence-corrected chi connectivity index (χ1v) is 9.38. The maximum atomic E-state index is 12.1. The summed E-state index contributed by atoms with van der Waals surface area (Å²) in [6.07, 6.45) is 2.96. The third-order valence-electron chi connectivity index (χ3n) is 4.54. The van der Waals surface area contributed by atoms with Gasteiger partial charge >= 0.3 is 5.69 Å². The second kappa shape index (κ2) is 8.39. The number of nitrogens with zero attached hydrogens (tertiary/aromatic N) is 3. The highest BCUT2D eigenvalue weighted by atomic mass is 35.5. The van der Waals surface area contributed by atoms with Gasteiger partial charge in [0.1, 0.15) is 0 Å². The maximum Gasteiger partial charge on any atom is 0.347 e. The normalized spacial score (nSPS) is 11.1. The Morgan fingerprint density at radius 1 is 1.19 bits per heavy atom. The summed E-state index contributed by atoms with van der Waals surface area (Å²) < 4.78 is 3.68. The number of hydrogen-bond donors (Lipinski definition) is 1. The Labute approximate surface area is 162 Å². The average molecular weight is 387 g/mol. The summed E-state index contributed by atoms with van der Waals surface area (Å²) in [4.78, 5) is 27.9. The maximum absolute atomic E-state index is 12.1. The highest BCUT2D eigenvalue weighted by molar-refractivity contribution is 6.31. The lowest BCUT2D eigenvalue weighted by Crippen LogP contribution is -2.29. The number of carbonyl (C=O) groups excluding carboxylic acids is 1. The van der Waals surface area contributed by atoms with E-state index in [2.05, 4.69) is 14.9 Å². The van der Waals surface area contributed by atoms with E-state index in [9.17, 15) is 9.59 Å². The smallest absolute Gasteiger partial charge is 0.347 e. The molecule has 1 N–H and O–H groups in total. The SMILES string of the molecule is Cc1cc(C)n(CCCC(=O)NCCn2ccc3ccc(Cl)cc32)c(=O)n1. The number of halogens is 1. The average Bonchev–Trinajstić information content (AvgIpc) is 2.99. The summed E-state index contributed by atoms with van der Waals surface area (Å²) in [5.74, 6) is -0.0183. The second-order valence-corrected chi connectivity index (χ2v) is 7.08. The van der Waals surface area contributed by atoms with Crippen LogP contribution in [0, 0.1) is 13.8 Å². The van der Waals surface area contributed by atoms with Crippen LogP contribution < -0.4 is 11.0 Å². The van der Waals surface area contributed by atoms with Crippen LogP contribution in [0.3, 0.4) is 0 Å². The summed E-state index contributed by atoms with van der Waals surface area (Å²) in [5.41, 5.74) is 2.38. The molecule has 0 bridgehead atoms. The van der Waals surface area contributed by atoms with Gasteiger partial charge in [-0.05, 0) is 49.9 Å². The quantitative estimate of drug-likeness (QED) is 0.678. The second-order valence-electron chi connectivity index (χ2n) is 6.64. The molecular formula is C20H23ClN4O2. The van der Waals surface area contributed by atoms with Crippen molar-refractivity contribution in [2.75, 3.05) is 6.54 Å². The van der Waals surface area contributed by atoms with E-state index in [-0.39, 0.29) is 11.6 Å². The summed E-state index contributed by atoms with van der Waals surface area (Å²) in [6, 6.07) is 9.68. The molecule has 3 aromatic rings. The summed E-state index contributed by atoms with van der Waals surface area (Å²) in [6.45, 7) is 5.39. The van der Waals surface area contributed by atoms with Gasteiger partial charge in [0.2, 0.25) is 5.91 Å². The van der Waals surface area contributed by atoms with Crippen LogP contribution >= 0.6 is 11.6 Å². The first-order valence-electron chi connectivity index (χ1n) is 9.00. The van der Waals surface area contributed by atoms with E-state index in [0.29, 0.717) is 43.2 Å². The molecule has 0 unspecified atom stereocenters. The van der Waals surface area contributed by atoms with Gasteiger partial charge in [-0.15, -0.1) is 0 Å². The molecule has 2 heterocycles. The van der Waals surface area contributed by atoms with E-state index in [4.69, 9.17) is 11.6 Å². The number of aromatic nitrogens is 3. The van der Waals surface area contributed by atoms with Crippen LogP contribution in [-0.4, -0.2) is 26.6 Å². The van der Waals surface area contributed by atoms with Gasteiger partial charge in [-0.25, -0.2) is 4.79 Å². The molecule has 27 heavy (non-hydrogen) atoms. The summed E-state index contributed by atoms with van der Waals surface area (Å²) in [7, 11) is 0. The number of nitrogens with one attached hydrogen (secondary N) is 1. The van der Waals surface area contributed by atoms with Crippen molar-refractivity contribution >= 4 is 28.4 Å². The predicted molar refractivity (Wildman–Crippen MR) is 107 cm³/mol. The minimum atomic E-state index is -0.258.